The number of hydrogen-bond acceptors (Lipinski definition) is 7. The van der Waals surface area contributed by atoms with Crippen LogP contribution in [0.5, 0.6) is 5.75 Å². The first-order chi connectivity index (χ1) is 14.4. The highest BCUT2D eigenvalue weighted by Gasteiger charge is 2.20. The van der Waals surface area contributed by atoms with Gasteiger partial charge in [-0.05, 0) is 45.4 Å². The SMILES string of the molecule is CCNC(=NCC(O)c1cccc(OC)c1)NC(C)c1nc(C)c(C(=O)OCC)s1.I. The van der Waals surface area contributed by atoms with E-state index in [2.05, 4.69) is 20.6 Å². The minimum absolute atomic E-state index is 0. The second kappa shape index (κ2) is 13.5. The number of aromatic nitrogens is 1. The molecule has 0 spiro atoms. The van der Waals surface area contributed by atoms with Crippen LogP contribution in [0.3, 0.4) is 0 Å². The van der Waals surface area contributed by atoms with Gasteiger partial charge >= 0.3 is 5.97 Å². The van der Waals surface area contributed by atoms with Gasteiger partial charge in [0.15, 0.2) is 5.96 Å². The van der Waals surface area contributed by atoms with E-state index in [1.54, 1.807) is 27.0 Å². The highest BCUT2D eigenvalue weighted by atomic mass is 127. The number of thiazole rings is 1. The highest BCUT2D eigenvalue weighted by Crippen LogP contribution is 2.24. The van der Waals surface area contributed by atoms with Crippen LogP contribution in [-0.2, 0) is 4.74 Å². The zero-order valence-corrected chi connectivity index (χ0v) is 21.6. The summed E-state index contributed by atoms with van der Waals surface area (Å²) in [5, 5.41) is 17.7. The van der Waals surface area contributed by atoms with Crippen molar-refractivity contribution in [1.82, 2.24) is 15.6 Å². The molecule has 1 heterocycles. The molecule has 1 aromatic carbocycles. The van der Waals surface area contributed by atoms with E-state index in [9.17, 15) is 9.90 Å². The predicted molar refractivity (Wildman–Crippen MR) is 134 cm³/mol. The zero-order valence-electron chi connectivity index (χ0n) is 18.5. The summed E-state index contributed by atoms with van der Waals surface area (Å²) >= 11 is 1.31. The van der Waals surface area contributed by atoms with E-state index < -0.39 is 6.10 Å². The summed E-state index contributed by atoms with van der Waals surface area (Å²) in [7, 11) is 1.59. The Morgan fingerprint density at radius 2 is 2.10 bits per heavy atom. The molecular formula is C21H31IN4O4S. The number of methoxy groups -OCH3 is 1. The van der Waals surface area contributed by atoms with Crippen molar-refractivity contribution in [1.29, 1.82) is 0 Å². The first-order valence-electron chi connectivity index (χ1n) is 9.90. The maximum atomic E-state index is 12.0. The van der Waals surface area contributed by atoms with E-state index in [0.29, 0.717) is 35.4 Å². The fourth-order valence-electron chi connectivity index (χ4n) is 2.71. The van der Waals surface area contributed by atoms with E-state index in [0.717, 1.165) is 10.6 Å². The average molecular weight is 562 g/mol. The molecule has 2 atom stereocenters. The van der Waals surface area contributed by atoms with E-state index >= 15 is 0 Å². The molecule has 0 aliphatic rings. The standard InChI is InChI=1S/C21H30N4O4S.HI/c1-6-22-21(23-12-17(26)15-9-8-10-16(11-15)28-5)25-14(4)19-24-13(3)18(30-19)20(27)29-7-2;/h8-11,14,17,26H,6-7,12H2,1-5H3,(H2,22,23,25);1H. The van der Waals surface area contributed by atoms with Crippen LogP contribution < -0.4 is 15.4 Å². The summed E-state index contributed by atoms with van der Waals surface area (Å²) in [5.41, 5.74) is 1.38. The summed E-state index contributed by atoms with van der Waals surface area (Å²) in [6.45, 7) is 8.65. The number of rotatable bonds is 9. The van der Waals surface area contributed by atoms with Crippen LogP contribution >= 0.6 is 35.3 Å². The molecule has 172 valence electrons. The van der Waals surface area contributed by atoms with Gasteiger partial charge in [-0.2, -0.15) is 0 Å². The Labute approximate surface area is 204 Å². The Morgan fingerprint density at radius 1 is 1.35 bits per heavy atom. The molecular weight excluding hydrogens is 531 g/mol. The third kappa shape index (κ3) is 7.93. The number of nitrogens with zero attached hydrogens (tertiary/aromatic N) is 2. The number of aliphatic hydroxyl groups is 1. The van der Waals surface area contributed by atoms with Gasteiger partial charge in [-0.3, -0.25) is 4.99 Å². The largest absolute Gasteiger partial charge is 0.497 e. The first kappa shape index (κ1) is 27.1. The van der Waals surface area contributed by atoms with Gasteiger partial charge in [-0.15, -0.1) is 35.3 Å². The van der Waals surface area contributed by atoms with Gasteiger partial charge in [0, 0.05) is 6.54 Å². The highest BCUT2D eigenvalue weighted by molar-refractivity contribution is 14.0. The summed E-state index contributed by atoms with van der Waals surface area (Å²) < 4.78 is 10.3. The fraction of sp³-hybridized carbons (Fsp3) is 0.476. The van der Waals surface area contributed by atoms with E-state index in [1.165, 1.54) is 11.3 Å². The van der Waals surface area contributed by atoms with E-state index in [1.807, 2.05) is 32.0 Å². The predicted octanol–water partition coefficient (Wildman–Crippen LogP) is 3.60. The molecule has 0 fully saturated rings. The van der Waals surface area contributed by atoms with Crippen molar-refractivity contribution in [3.63, 3.8) is 0 Å². The third-order valence-corrected chi connectivity index (χ3v) is 5.56. The number of nitrogens with one attached hydrogen (secondary N) is 2. The molecule has 10 heteroatoms. The van der Waals surface area contributed by atoms with Crippen molar-refractivity contribution >= 4 is 47.2 Å². The van der Waals surface area contributed by atoms with Crippen molar-refractivity contribution in [2.45, 2.75) is 39.8 Å². The number of guanidine groups is 1. The van der Waals surface area contributed by atoms with Gasteiger partial charge in [-0.25, -0.2) is 9.78 Å². The van der Waals surface area contributed by atoms with Gasteiger partial charge in [0.2, 0.25) is 0 Å². The number of carbonyl (C=O) groups excluding carboxylic acids is 1. The van der Waals surface area contributed by atoms with Gasteiger partial charge in [0.05, 0.1) is 38.1 Å². The van der Waals surface area contributed by atoms with E-state index in [-0.39, 0.29) is 42.5 Å². The molecule has 2 aromatic rings. The van der Waals surface area contributed by atoms with Gasteiger partial charge in [-0.1, -0.05) is 12.1 Å². The Morgan fingerprint density at radius 3 is 2.74 bits per heavy atom. The lowest BCUT2D eigenvalue weighted by Gasteiger charge is -2.17. The number of aliphatic hydroxyl groups excluding tert-OH is 1. The number of hydrogen-bond donors (Lipinski definition) is 3. The van der Waals surface area contributed by atoms with Gasteiger partial charge in [0.1, 0.15) is 15.6 Å². The quantitative estimate of drug-likeness (QED) is 0.186. The molecule has 0 bridgehead atoms. The summed E-state index contributed by atoms with van der Waals surface area (Å²) in [5.74, 6) is 0.885. The first-order valence-corrected chi connectivity index (χ1v) is 10.7. The van der Waals surface area contributed by atoms with Crippen LogP contribution in [0.25, 0.3) is 0 Å². The Hall–Kier alpha value is -1.92. The van der Waals surface area contributed by atoms with Crippen LogP contribution in [0, 0.1) is 6.92 Å². The zero-order chi connectivity index (χ0) is 22.1. The summed E-state index contributed by atoms with van der Waals surface area (Å²) in [6, 6.07) is 7.11. The molecule has 3 N–H and O–H groups in total. The van der Waals surface area contributed by atoms with Crippen LogP contribution in [0.2, 0.25) is 0 Å². The Balaban J connectivity index is 0.00000480. The minimum atomic E-state index is -0.761. The second-order valence-electron chi connectivity index (χ2n) is 6.57. The number of carbonyl (C=O) groups is 1. The van der Waals surface area contributed by atoms with Crippen molar-refractivity contribution in [2.75, 3.05) is 26.8 Å². The van der Waals surface area contributed by atoms with Crippen molar-refractivity contribution in [2.24, 2.45) is 4.99 Å². The maximum Gasteiger partial charge on any atom is 0.350 e. The molecule has 2 rings (SSSR count). The van der Waals surface area contributed by atoms with Crippen LogP contribution in [0.15, 0.2) is 29.3 Å². The minimum Gasteiger partial charge on any atom is -0.497 e. The molecule has 0 amide bonds. The van der Waals surface area contributed by atoms with Crippen LogP contribution in [-0.4, -0.2) is 48.8 Å². The molecule has 0 aliphatic heterocycles. The van der Waals surface area contributed by atoms with Crippen LogP contribution in [0.1, 0.15) is 58.9 Å². The van der Waals surface area contributed by atoms with E-state index in [4.69, 9.17) is 9.47 Å². The van der Waals surface area contributed by atoms with Gasteiger partial charge < -0.3 is 25.2 Å². The lowest BCUT2D eigenvalue weighted by molar-refractivity contribution is 0.0531. The van der Waals surface area contributed by atoms with Crippen LogP contribution in [0.4, 0.5) is 0 Å². The number of aliphatic imine (C=N–C) groups is 1. The molecule has 0 radical (unpaired) electrons. The molecule has 8 nitrogen and oxygen atoms in total. The normalized spacial score (nSPS) is 13.0. The topological polar surface area (TPSA) is 105 Å². The average Bonchev–Trinajstić information content (AvgIpc) is 3.14. The Bertz CT molecular complexity index is 875. The lowest BCUT2D eigenvalue weighted by Crippen LogP contribution is -2.39. The number of benzene rings is 1. The molecule has 0 saturated heterocycles. The third-order valence-electron chi connectivity index (χ3n) is 4.24. The number of esters is 1. The van der Waals surface area contributed by atoms with Gasteiger partial charge in [0.25, 0.3) is 0 Å². The van der Waals surface area contributed by atoms with Crippen molar-refractivity contribution in [3.8, 4) is 5.75 Å². The molecule has 2 unspecified atom stereocenters. The molecule has 1 aromatic heterocycles. The number of ether oxygens (including phenoxy) is 2. The lowest BCUT2D eigenvalue weighted by atomic mass is 10.1. The second-order valence-corrected chi connectivity index (χ2v) is 7.60. The smallest absolute Gasteiger partial charge is 0.350 e. The van der Waals surface area contributed by atoms with Crippen molar-refractivity contribution < 1.29 is 19.4 Å². The maximum absolute atomic E-state index is 12.0. The number of aryl methyl sites for hydroxylation is 1. The monoisotopic (exact) mass is 562 g/mol. The summed E-state index contributed by atoms with van der Waals surface area (Å²) in [4.78, 5) is 21.5. The fourth-order valence-corrected chi connectivity index (χ4v) is 3.67. The molecule has 0 aliphatic carbocycles. The van der Waals surface area contributed by atoms with Crippen molar-refractivity contribution in [3.05, 3.63) is 45.4 Å². The summed E-state index contributed by atoms with van der Waals surface area (Å²) in [6.07, 6.45) is -0.761. The molecule has 0 saturated carbocycles. The Kier molecular flexibility index (Phi) is 11.8. The number of halogens is 1. The molecule has 31 heavy (non-hydrogen) atoms.